The highest BCUT2D eigenvalue weighted by atomic mass is 32.1. The smallest absolute Gasteiger partial charge is 0.274 e. The first-order chi connectivity index (χ1) is 14.7. The minimum absolute atomic E-state index is 0.188. The summed E-state index contributed by atoms with van der Waals surface area (Å²) in [6.07, 6.45) is 9.25. The molecular weight excluding hydrogens is 396 g/mol. The molecule has 0 spiro atoms. The zero-order valence-corrected chi connectivity index (χ0v) is 17.2. The zero-order chi connectivity index (χ0) is 20.8. The molecule has 0 aliphatic heterocycles. The predicted molar refractivity (Wildman–Crippen MR) is 120 cm³/mol. The van der Waals surface area contributed by atoms with Gasteiger partial charge in [0.15, 0.2) is 5.13 Å². The molecular formula is C23H20N4O2S. The Morgan fingerprint density at radius 3 is 2.87 bits per heavy atom. The van der Waals surface area contributed by atoms with Gasteiger partial charge < -0.3 is 9.30 Å². The molecule has 0 radical (unpaired) electrons. The fraction of sp³-hybridized carbons (Fsp3) is 0.0870. The lowest BCUT2D eigenvalue weighted by atomic mass is 10.2. The second kappa shape index (κ2) is 9.19. The summed E-state index contributed by atoms with van der Waals surface area (Å²) < 4.78 is 7.14. The van der Waals surface area contributed by atoms with Gasteiger partial charge in [0.1, 0.15) is 11.4 Å². The van der Waals surface area contributed by atoms with Crippen molar-refractivity contribution in [2.45, 2.75) is 6.54 Å². The van der Waals surface area contributed by atoms with Crippen LogP contribution in [0.3, 0.4) is 0 Å². The number of nitrogens with zero attached hydrogens (tertiary/aromatic N) is 3. The van der Waals surface area contributed by atoms with Crippen molar-refractivity contribution in [3.63, 3.8) is 0 Å². The summed E-state index contributed by atoms with van der Waals surface area (Å²) in [5.41, 5.74) is 3.46. The fourth-order valence-corrected chi connectivity index (χ4v) is 3.62. The third-order valence-electron chi connectivity index (χ3n) is 4.45. The summed E-state index contributed by atoms with van der Waals surface area (Å²) in [5.74, 6) is 0.616. The van der Waals surface area contributed by atoms with Crippen LogP contribution in [0.15, 0.2) is 72.5 Å². The van der Waals surface area contributed by atoms with E-state index in [1.165, 1.54) is 11.3 Å². The molecule has 0 bridgehead atoms. The third kappa shape index (κ3) is 4.82. The van der Waals surface area contributed by atoms with Gasteiger partial charge in [0, 0.05) is 30.5 Å². The normalized spacial score (nSPS) is 11.0. The summed E-state index contributed by atoms with van der Waals surface area (Å²) in [5, 5.41) is 5.35. The van der Waals surface area contributed by atoms with Crippen LogP contribution in [0.5, 0.6) is 5.75 Å². The monoisotopic (exact) mass is 416 g/mol. The number of carbonyl (C=O) groups is 1. The molecule has 4 rings (SSSR count). The van der Waals surface area contributed by atoms with Crippen molar-refractivity contribution in [1.29, 1.82) is 0 Å². The minimum Gasteiger partial charge on any atom is -0.497 e. The Hall–Kier alpha value is -3.71. The molecule has 3 heterocycles. The zero-order valence-electron chi connectivity index (χ0n) is 16.4. The average molecular weight is 417 g/mol. The number of anilines is 1. The summed E-state index contributed by atoms with van der Waals surface area (Å²) >= 11 is 1.39. The van der Waals surface area contributed by atoms with E-state index in [1.54, 1.807) is 25.6 Å². The third-order valence-corrected chi connectivity index (χ3v) is 5.22. The predicted octanol–water partition coefficient (Wildman–Crippen LogP) is 4.82. The van der Waals surface area contributed by atoms with Gasteiger partial charge in [0.05, 0.1) is 12.8 Å². The number of aromatic nitrogens is 3. The standard InChI is InChI=1S/C23H20N4O2S/c1-29-20-5-2-4-17(14-20)7-8-19-16-30-23(25-19)26-22(28)21-6-3-13-27(21)15-18-9-11-24-12-10-18/h2-14,16H,15H2,1H3,(H,25,26,28). The van der Waals surface area contributed by atoms with Gasteiger partial charge in [-0.1, -0.05) is 18.2 Å². The molecule has 1 N–H and O–H groups in total. The van der Waals surface area contributed by atoms with Crippen molar-refractivity contribution in [1.82, 2.24) is 14.5 Å². The Balaban J connectivity index is 1.42. The van der Waals surface area contributed by atoms with E-state index in [1.807, 2.05) is 70.8 Å². The van der Waals surface area contributed by atoms with Crippen molar-refractivity contribution in [2.75, 3.05) is 12.4 Å². The van der Waals surface area contributed by atoms with E-state index in [0.29, 0.717) is 17.4 Å². The topological polar surface area (TPSA) is 69.0 Å². The number of pyridine rings is 1. The van der Waals surface area contributed by atoms with Crippen LogP contribution in [0.25, 0.3) is 12.2 Å². The molecule has 0 atom stereocenters. The molecule has 150 valence electrons. The van der Waals surface area contributed by atoms with E-state index < -0.39 is 0 Å². The number of ether oxygens (including phenoxy) is 1. The van der Waals surface area contributed by atoms with Crippen molar-refractivity contribution in [3.8, 4) is 5.75 Å². The number of rotatable bonds is 7. The molecule has 0 fully saturated rings. The van der Waals surface area contributed by atoms with Gasteiger partial charge in [-0.2, -0.15) is 0 Å². The van der Waals surface area contributed by atoms with Gasteiger partial charge in [-0.25, -0.2) is 4.98 Å². The summed E-state index contributed by atoms with van der Waals surface area (Å²) in [7, 11) is 1.64. The number of hydrogen-bond acceptors (Lipinski definition) is 5. The summed E-state index contributed by atoms with van der Waals surface area (Å²) in [4.78, 5) is 21.2. The van der Waals surface area contributed by atoms with Crippen LogP contribution in [-0.4, -0.2) is 27.6 Å². The SMILES string of the molecule is COc1cccc(C=Cc2csc(NC(=O)c3cccn3Cc3ccncc3)n2)c1. The maximum absolute atomic E-state index is 12.7. The molecule has 0 aliphatic rings. The lowest BCUT2D eigenvalue weighted by molar-refractivity contribution is 0.101. The number of methoxy groups -OCH3 is 1. The molecule has 6 nitrogen and oxygen atoms in total. The van der Waals surface area contributed by atoms with E-state index in [0.717, 1.165) is 22.6 Å². The Labute approximate surface area is 178 Å². The second-order valence-corrected chi connectivity index (χ2v) is 7.38. The number of thiazole rings is 1. The highest BCUT2D eigenvalue weighted by Crippen LogP contribution is 2.20. The molecule has 0 saturated heterocycles. The number of nitrogens with one attached hydrogen (secondary N) is 1. The van der Waals surface area contributed by atoms with Gasteiger partial charge in [-0.3, -0.25) is 15.1 Å². The van der Waals surface area contributed by atoms with Crippen molar-refractivity contribution < 1.29 is 9.53 Å². The molecule has 0 saturated carbocycles. The first kappa shape index (κ1) is 19.6. The number of amides is 1. The fourth-order valence-electron chi connectivity index (χ4n) is 2.95. The van der Waals surface area contributed by atoms with Gasteiger partial charge in [-0.15, -0.1) is 11.3 Å². The Kier molecular flexibility index (Phi) is 6.01. The van der Waals surface area contributed by atoms with Crippen LogP contribution in [-0.2, 0) is 6.54 Å². The summed E-state index contributed by atoms with van der Waals surface area (Å²) in [6.45, 7) is 0.602. The number of hydrogen-bond donors (Lipinski definition) is 1. The minimum atomic E-state index is -0.188. The van der Waals surface area contributed by atoms with Crippen LogP contribution in [0, 0.1) is 0 Å². The first-order valence-electron chi connectivity index (χ1n) is 9.34. The van der Waals surface area contributed by atoms with Crippen molar-refractivity contribution in [2.24, 2.45) is 0 Å². The molecule has 30 heavy (non-hydrogen) atoms. The van der Waals surface area contributed by atoms with E-state index in [-0.39, 0.29) is 5.91 Å². The average Bonchev–Trinajstić information content (AvgIpc) is 3.42. The lowest BCUT2D eigenvalue weighted by Gasteiger charge is -2.08. The van der Waals surface area contributed by atoms with Gasteiger partial charge >= 0.3 is 0 Å². The van der Waals surface area contributed by atoms with E-state index in [9.17, 15) is 4.79 Å². The maximum Gasteiger partial charge on any atom is 0.274 e. The Bertz CT molecular complexity index is 1160. The molecule has 3 aromatic heterocycles. The van der Waals surface area contributed by atoms with Gasteiger partial charge in [0.2, 0.25) is 0 Å². The van der Waals surface area contributed by atoms with Gasteiger partial charge in [0.25, 0.3) is 5.91 Å². The van der Waals surface area contributed by atoms with E-state index >= 15 is 0 Å². The molecule has 7 heteroatoms. The van der Waals surface area contributed by atoms with Crippen molar-refractivity contribution >= 4 is 34.5 Å². The Morgan fingerprint density at radius 2 is 2.03 bits per heavy atom. The summed E-state index contributed by atoms with van der Waals surface area (Å²) in [6, 6.07) is 15.3. The van der Waals surface area contributed by atoms with Gasteiger partial charge in [-0.05, 0) is 53.6 Å². The second-order valence-electron chi connectivity index (χ2n) is 6.52. The van der Waals surface area contributed by atoms with Crippen LogP contribution < -0.4 is 10.1 Å². The van der Waals surface area contributed by atoms with Crippen LogP contribution in [0.2, 0.25) is 0 Å². The highest BCUT2D eigenvalue weighted by molar-refractivity contribution is 7.14. The molecule has 4 aromatic rings. The molecule has 1 aromatic carbocycles. The Morgan fingerprint density at radius 1 is 1.17 bits per heavy atom. The highest BCUT2D eigenvalue weighted by Gasteiger charge is 2.13. The number of carbonyl (C=O) groups excluding carboxylic acids is 1. The van der Waals surface area contributed by atoms with E-state index in [2.05, 4.69) is 15.3 Å². The van der Waals surface area contributed by atoms with Crippen LogP contribution in [0.1, 0.15) is 27.3 Å². The largest absolute Gasteiger partial charge is 0.497 e. The lowest BCUT2D eigenvalue weighted by Crippen LogP contribution is -2.17. The molecule has 1 amide bonds. The maximum atomic E-state index is 12.7. The molecule has 0 aliphatic carbocycles. The van der Waals surface area contributed by atoms with Crippen LogP contribution >= 0.6 is 11.3 Å². The molecule has 0 unspecified atom stereocenters. The van der Waals surface area contributed by atoms with Crippen LogP contribution in [0.4, 0.5) is 5.13 Å². The first-order valence-corrected chi connectivity index (χ1v) is 10.2. The van der Waals surface area contributed by atoms with E-state index in [4.69, 9.17) is 4.74 Å². The van der Waals surface area contributed by atoms with Crippen molar-refractivity contribution in [3.05, 3.63) is 95.0 Å². The number of benzene rings is 1. The quantitative estimate of drug-likeness (QED) is 0.469.